The average molecular weight is 275 g/mol. The molecule has 0 radical (unpaired) electrons. The fourth-order valence-electron chi connectivity index (χ4n) is 5.49. The van der Waals surface area contributed by atoms with Crippen LogP contribution >= 0.6 is 0 Å². The van der Waals surface area contributed by atoms with E-state index in [2.05, 4.69) is 17.1 Å². The van der Waals surface area contributed by atoms with E-state index in [4.69, 9.17) is 10.3 Å². The van der Waals surface area contributed by atoms with Gasteiger partial charge in [0.2, 0.25) is 0 Å². The maximum atomic E-state index is 5.60. The summed E-state index contributed by atoms with van der Waals surface area (Å²) in [6.07, 6.45) is 7.38. The maximum Gasteiger partial charge on any atom is 0.151 e. The van der Waals surface area contributed by atoms with Gasteiger partial charge in [-0.25, -0.2) is 0 Å². The predicted octanol–water partition coefficient (Wildman–Crippen LogP) is 2.39. The van der Waals surface area contributed by atoms with Crippen LogP contribution in [0.25, 0.3) is 0 Å². The van der Waals surface area contributed by atoms with Crippen LogP contribution in [0.2, 0.25) is 0 Å². The summed E-state index contributed by atoms with van der Waals surface area (Å²) < 4.78 is 5.40. The molecule has 4 saturated carbocycles. The SMILES string of the molecule is CN(Cc1cc(CN)no1)C1C2CC3CC(C2)CC1C3. The molecule has 0 spiro atoms. The van der Waals surface area contributed by atoms with Gasteiger partial charge in [-0.1, -0.05) is 5.16 Å². The van der Waals surface area contributed by atoms with Gasteiger partial charge in [0.1, 0.15) is 0 Å². The largest absolute Gasteiger partial charge is 0.360 e. The molecule has 1 aromatic rings. The zero-order valence-corrected chi connectivity index (χ0v) is 12.3. The second kappa shape index (κ2) is 4.85. The number of nitrogens with two attached hydrogens (primary N) is 1. The van der Waals surface area contributed by atoms with E-state index in [1.807, 2.05) is 6.07 Å². The molecule has 0 atom stereocenters. The van der Waals surface area contributed by atoms with Crippen molar-refractivity contribution in [3.63, 3.8) is 0 Å². The third-order valence-electron chi connectivity index (χ3n) is 5.91. The summed E-state index contributed by atoms with van der Waals surface area (Å²) in [5, 5.41) is 4.00. The molecule has 0 saturated heterocycles. The standard InChI is InChI=1S/C16H25N3O/c1-19(9-15-7-14(8-17)18-20-15)16-12-3-10-2-11(5-12)6-13(16)4-10/h7,10-13,16H,2-6,8-9,17H2,1H3. The molecule has 4 nitrogen and oxygen atoms in total. The molecule has 1 heterocycles. The maximum absolute atomic E-state index is 5.60. The second-order valence-corrected chi connectivity index (χ2v) is 7.33. The third-order valence-corrected chi connectivity index (χ3v) is 5.91. The molecular weight excluding hydrogens is 250 g/mol. The van der Waals surface area contributed by atoms with Gasteiger partial charge in [0.15, 0.2) is 5.76 Å². The molecule has 0 amide bonds. The first kappa shape index (κ1) is 12.8. The highest BCUT2D eigenvalue weighted by Gasteiger charge is 2.49. The highest BCUT2D eigenvalue weighted by molar-refractivity contribution is 5.07. The lowest BCUT2D eigenvalue weighted by molar-refractivity contribution is -0.0614. The molecule has 110 valence electrons. The molecule has 0 unspecified atom stereocenters. The van der Waals surface area contributed by atoms with Crippen LogP contribution < -0.4 is 5.73 Å². The normalized spacial score (nSPS) is 38.9. The van der Waals surface area contributed by atoms with E-state index in [9.17, 15) is 0 Å². The topological polar surface area (TPSA) is 55.3 Å². The Morgan fingerprint density at radius 3 is 2.40 bits per heavy atom. The molecular formula is C16H25N3O. The highest BCUT2D eigenvalue weighted by atomic mass is 16.5. The van der Waals surface area contributed by atoms with Crippen molar-refractivity contribution < 1.29 is 4.52 Å². The zero-order chi connectivity index (χ0) is 13.7. The van der Waals surface area contributed by atoms with Gasteiger partial charge < -0.3 is 10.3 Å². The highest BCUT2D eigenvalue weighted by Crippen LogP contribution is 2.55. The lowest BCUT2D eigenvalue weighted by Crippen LogP contribution is -2.54. The summed E-state index contributed by atoms with van der Waals surface area (Å²) in [4.78, 5) is 2.52. The number of aromatic nitrogens is 1. The van der Waals surface area contributed by atoms with E-state index >= 15 is 0 Å². The molecule has 0 aromatic carbocycles. The van der Waals surface area contributed by atoms with Gasteiger partial charge in [-0.15, -0.1) is 0 Å². The van der Waals surface area contributed by atoms with Crippen LogP contribution in [0.1, 0.15) is 43.6 Å². The van der Waals surface area contributed by atoms with Gasteiger partial charge in [0.25, 0.3) is 0 Å². The van der Waals surface area contributed by atoms with Crippen LogP contribution in [0.5, 0.6) is 0 Å². The minimum Gasteiger partial charge on any atom is -0.360 e. The minimum atomic E-state index is 0.464. The quantitative estimate of drug-likeness (QED) is 0.916. The average Bonchev–Trinajstić information content (AvgIpc) is 2.85. The molecule has 20 heavy (non-hydrogen) atoms. The van der Waals surface area contributed by atoms with E-state index < -0.39 is 0 Å². The van der Waals surface area contributed by atoms with Crippen LogP contribution in [-0.2, 0) is 13.1 Å². The van der Waals surface area contributed by atoms with Crippen LogP contribution in [0, 0.1) is 23.7 Å². The summed E-state index contributed by atoms with van der Waals surface area (Å²) in [5.41, 5.74) is 6.46. The van der Waals surface area contributed by atoms with Crippen molar-refractivity contribution in [2.45, 2.75) is 51.2 Å². The van der Waals surface area contributed by atoms with E-state index in [0.29, 0.717) is 6.54 Å². The summed E-state index contributed by atoms with van der Waals surface area (Å²) in [7, 11) is 2.26. The molecule has 0 aliphatic heterocycles. The zero-order valence-electron chi connectivity index (χ0n) is 12.3. The van der Waals surface area contributed by atoms with E-state index in [1.165, 1.54) is 32.1 Å². The number of nitrogens with zero attached hydrogens (tertiary/aromatic N) is 2. The molecule has 4 heteroatoms. The van der Waals surface area contributed by atoms with Crippen molar-refractivity contribution >= 4 is 0 Å². The molecule has 5 rings (SSSR count). The van der Waals surface area contributed by atoms with Gasteiger partial charge in [0, 0.05) is 18.7 Å². The van der Waals surface area contributed by atoms with Crippen molar-refractivity contribution in [2.75, 3.05) is 7.05 Å². The molecule has 4 bridgehead atoms. The third kappa shape index (κ3) is 2.09. The predicted molar refractivity (Wildman–Crippen MR) is 76.7 cm³/mol. The fraction of sp³-hybridized carbons (Fsp3) is 0.812. The first-order valence-electron chi connectivity index (χ1n) is 8.07. The van der Waals surface area contributed by atoms with E-state index in [1.54, 1.807) is 0 Å². The Kier molecular flexibility index (Phi) is 3.11. The van der Waals surface area contributed by atoms with Gasteiger partial charge in [-0.05, 0) is 62.8 Å². The van der Waals surface area contributed by atoms with E-state index in [0.717, 1.165) is 47.7 Å². The molecule has 1 aromatic heterocycles. The summed E-state index contributed by atoms with van der Waals surface area (Å²) in [5.74, 6) is 4.88. The minimum absolute atomic E-state index is 0.464. The molecule has 2 N–H and O–H groups in total. The summed E-state index contributed by atoms with van der Waals surface area (Å²) in [6.45, 7) is 1.34. The first-order chi connectivity index (χ1) is 9.72. The van der Waals surface area contributed by atoms with E-state index in [-0.39, 0.29) is 0 Å². The van der Waals surface area contributed by atoms with Crippen molar-refractivity contribution in [3.05, 3.63) is 17.5 Å². The lowest BCUT2D eigenvalue weighted by Gasteiger charge is -2.56. The number of hydrogen-bond donors (Lipinski definition) is 1. The lowest BCUT2D eigenvalue weighted by atomic mass is 9.54. The van der Waals surface area contributed by atoms with Gasteiger partial charge in [-0.3, -0.25) is 4.90 Å². The Morgan fingerprint density at radius 2 is 1.85 bits per heavy atom. The monoisotopic (exact) mass is 275 g/mol. The van der Waals surface area contributed by atoms with Crippen LogP contribution in [0.3, 0.4) is 0 Å². The molecule has 4 aliphatic rings. The Bertz CT molecular complexity index is 456. The smallest absolute Gasteiger partial charge is 0.151 e. The Labute approximate surface area is 120 Å². The van der Waals surface area contributed by atoms with Crippen molar-refractivity contribution in [1.29, 1.82) is 0 Å². The Morgan fingerprint density at radius 1 is 1.20 bits per heavy atom. The Balaban J connectivity index is 1.47. The summed E-state index contributed by atoms with van der Waals surface area (Å²) in [6, 6.07) is 2.77. The van der Waals surface area contributed by atoms with Gasteiger partial charge in [-0.2, -0.15) is 0 Å². The molecule has 4 aliphatic carbocycles. The van der Waals surface area contributed by atoms with Gasteiger partial charge in [0.05, 0.1) is 12.2 Å². The molecule has 4 fully saturated rings. The first-order valence-corrected chi connectivity index (χ1v) is 8.07. The fourth-order valence-corrected chi connectivity index (χ4v) is 5.49. The van der Waals surface area contributed by atoms with Crippen LogP contribution in [0.4, 0.5) is 0 Å². The van der Waals surface area contributed by atoms with Crippen molar-refractivity contribution in [1.82, 2.24) is 10.1 Å². The summed E-state index contributed by atoms with van der Waals surface area (Å²) >= 11 is 0. The van der Waals surface area contributed by atoms with Gasteiger partial charge >= 0.3 is 0 Å². The van der Waals surface area contributed by atoms with Crippen LogP contribution in [-0.4, -0.2) is 23.1 Å². The van der Waals surface area contributed by atoms with Crippen molar-refractivity contribution in [2.24, 2.45) is 29.4 Å². The van der Waals surface area contributed by atoms with Crippen LogP contribution in [0.15, 0.2) is 10.6 Å². The Hall–Kier alpha value is -0.870. The number of hydrogen-bond acceptors (Lipinski definition) is 4. The number of rotatable bonds is 4. The van der Waals surface area contributed by atoms with Crippen molar-refractivity contribution in [3.8, 4) is 0 Å². The second-order valence-electron chi connectivity index (χ2n) is 7.33.